The summed E-state index contributed by atoms with van der Waals surface area (Å²) in [6.45, 7) is 3.73. The number of rotatable bonds is 3. The lowest BCUT2D eigenvalue weighted by atomic mass is 10.2. The number of benzene rings is 1. The molecule has 3 nitrogen and oxygen atoms in total. The average molecular weight is 313 g/mol. The third kappa shape index (κ3) is 4.06. The van der Waals surface area contributed by atoms with E-state index in [4.69, 9.17) is 17.3 Å². The van der Waals surface area contributed by atoms with Crippen LogP contribution in [0.15, 0.2) is 23.1 Å². The Labute approximate surface area is 129 Å². The first-order valence-corrected chi connectivity index (χ1v) is 8.34. The van der Waals surface area contributed by atoms with E-state index in [2.05, 4.69) is 0 Å². The van der Waals surface area contributed by atoms with Gasteiger partial charge in [-0.05, 0) is 38.0 Å². The first kappa shape index (κ1) is 15.5. The van der Waals surface area contributed by atoms with Crippen molar-refractivity contribution >= 4 is 35.0 Å². The summed E-state index contributed by atoms with van der Waals surface area (Å²) in [7, 11) is 0. The first-order chi connectivity index (χ1) is 9.58. The van der Waals surface area contributed by atoms with Gasteiger partial charge < -0.3 is 10.6 Å². The van der Waals surface area contributed by atoms with Gasteiger partial charge in [0.1, 0.15) is 0 Å². The van der Waals surface area contributed by atoms with E-state index in [-0.39, 0.29) is 11.2 Å². The summed E-state index contributed by atoms with van der Waals surface area (Å²) in [5.74, 6) is 0.213. The number of amides is 1. The molecule has 1 aromatic carbocycles. The monoisotopic (exact) mass is 312 g/mol. The number of nitrogen functional groups attached to an aromatic ring is 1. The molecule has 0 bridgehead atoms. The number of carbonyl (C=O) groups excluding carboxylic acids is 1. The fourth-order valence-corrected chi connectivity index (χ4v) is 3.67. The number of nitrogens with two attached hydrogens (primary N) is 1. The zero-order valence-electron chi connectivity index (χ0n) is 11.8. The second kappa shape index (κ2) is 7.23. The van der Waals surface area contributed by atoms with E-state index in [1.807, 2.05) is 24.0 Å². The SMILES string of the molecule is CC(Sc1ccc(N)cc1Cl)C(=O)N1CCCCCC1. The predicted molar refractivity (Wildman–Crippen MR) is 86.2 cm³/mol. The van der Waals surface area contributed by atoms with E-state index in [0.717, 1.165) is 30.8 Å². The maximum absolute atomic E-state index is 12.5. The van der Waals surface area contributed by atoms with Crippen LogP contribution in [-0.4, -0.2) is 29.1 Å². The second-order valence-electron chi connectivity index (χ2n) is 5.19. The molecule has 1 atom stereocenters. The molecule has 1 aliphatic heterocycles. The summed E-state index contributed by atoms with van der Waals surface area (Å²) in [5.41, 5.74) is 6.33. The third-order valence-corrected chi connectivity index (χ3v) is 5.12. The van der Waals surface area contributed by atoms with Gasteiger partial charge in [-0.1, -0.05) is 24.4 Å². The highest BCUT2D eigenvalue weighted by Crippen LogP contribution is 2.32. The smallest absolute Gasteiger partial charge is 0.235 e. The van der Waals surface area contributed by atoms with Crippen molar-refractivity contribution < 1.29 is 4.79 Å². The quantitative estimate of drug-likeness (QED) is 0.682. The van der Waals surface area contributed by atoms with E-state index < -0.39 is 0 Å². The van der Waals surface area contributed by atoms with Crippen LogP contribution < -0.4 is 5.73 Å². The van der Waals surface area contributed by atoms with Gasteiger partial charge in [-0.3, -0.25) is 4.79 Å². The summed E-state index contributed by atoms with van der Waals surface area (Å²) in [6, 6.07) is 5.43. The molecule has 1 heterocycles. The lowest BCUT2D eigenvalue weighted by Crippen LogP contribution is -2.37. The van der Waals surface area contributed by atoms with Gasteiger partial charge in [-0.2, -0.15) is 0 Å². The summed E-state index contributed by atoms with van der Waals surface area (Å²) in [5, 5.41) is 0.500. The zero-order valence-corrected chi connectivity index (χ0v) is 13.3. The fraction of sp³-hybridized carbons (Fsp3) is 0.533. The Morgan fingerprint density at radius 3 is 2.55 bits per heavy atom. The van der Waals surface area contributed by atoms with Crippen LogP contribution in [-0.2, 0) is 4.79 Å². The number of thioether (sulfide) groups is 1. The van der Waals surface area contributed by atoms with Gasteiger partial charge in [0.2, 0.25) is 5.91 Å². The number of hydrogen-bond acceptors (Lipinski definition) is 3. The molecule has 1 fully saturated rings. The van der Waals surface area contributed by atoms with Crippen LogP contribution in [0.4, 0.5) is 5.69 Å². The highest BCUT2D eigenvalue weighted by atomic mass is 35.5. The van der Waals surface area contributed by atoms with Gasteiger partial charge in [0.15, 0.2) is 0 Å². The number of carbonyl (C=O) groups is 1. The van der Waals surface area contributed by atoms with Crippen molar-refractivity contribution in [1.82, 2.24) is 4.90 Å². The molecule has 0 aromatic heterocycles. The molecule has 1 unspecified atom stereocenters. The van der Waals surface area contributed by atoms with Crippen LogP contribution in [0.2, 0.25) is 5.02 Å². The fourth-order valence-electron chi connectivity index (χ4n) is 2.40. The molecule has 1 saturated heterocycles. The van der Waals surface area contributed by atoms with Crippen molar-refractivity contribution in [1.29, 1.82) is 0 Å². The molecule has 0 saturated carbocycles. The van der Waals surface area contributed by atoms with E-state index >= 15 is 0 Å². The molecular weight excluding hydrogens is 292 g/mol. The normalized spacial score (nSPS) is 17.6. The van der Waals surface area contributed by atoms with Crippen LogP contribution in [0, 0.1) is 0 Å². The maximum atomic E-state index is 12.5. The van der Waals surface area contributed by atoms with E-state index in [9.17, 15) is 4.79 Å². The Morgan fingerprint density at radius 1 is 1.30 bits per heavy atom. The lowest BCUT2D eigenvalue weighted by molar-refractivity contribution is -0.130. The van der Waals surface area contributed by atoms with Crippen LogP contribution in [0.5, 0.6) is 0 Å². The molecule has 0 spiro atoms. The van der Waals surface area contributed by atoms with E-state index in [1.165, 1.54) is 24.6 Å². The van der Waals surface area contributed by atoms with Crippen LogP contribution in [0.3, 0.4) is 0 Å². The van der Waals surface area contributed by atoms with Crippen molar-refractivity contribution in [3.05, 3.63) is 23.2 Å². The lowest BCUT2D eigenvalue weighted by Gasteiger charge is -2.24. The van der Waals surface area contributed by atoms with Crippen molar-refractivity contribution in [3.63, 3.8) is 0 Å². The van der Waals surface area contributed by atoms with E-state index in [1.54, 1.807) is 6.07 Å². The molecule has 2 rings (SSSR count). The Balaban J connectivity index is 1.99. The Kier molecular flexibility index (Phi) is 5.61. The molecule has 0 aliphatic carbocycles. The van der Waals surface area contributed by atoms with Gasteiger partial charge in [0.25, 0.3) is 0 Å². The highest BCUT2D eigenvalue weighted by Gasteiger charge is 2.22. The minimum atomic E-state index is -0.116. The summed E-state index contributed by atoms with van der Waals surface area (Å²) in [4.78, 5) is 15.4. The van der Waals surface area contributed by atoms with Crippen molar-refractivity contribution in [2.75, 3.05) is 18.8 Å². The molecule has 110 valence electrons. The predicted octanol–water partition coefficient (Wildman–Crippen LogP) is 3.81. The van der Waals surface area contributed by atoms with Crippen molar-refractivity contribution in [2.24, 2.45) is 0 Å². The molecule has 20 heavy (non-hydrogen) atoms. The Morgan fingerprint density at radius 2 is 1.95 bits per heavy atom. The average Bonchev–Trinajstić information content (AvgIpc) is 2.70. The number of likely N-dealkylation sites (tertiary alicyclic amines) is 1. The van der Waals surface area contributed by atoms with Crippen LogP contribution in [0.25, 0.3) is 0 Å². The molecule has 1 amide bonds. The molecule has 1 aliphatic rings. The van der Waals surface area contributed by atoms with Gasteiger partial charge in [-0.15, -0.1) is 11.8 Å². The minimum absolute atomic E-state index is 0.116. The van der Waals surface area contributed by atoms with Crippen molar-refractivity contribution in [2.45, 2.75) is 42.8 Å². The van der Waals surface area contributed by atoms with Gasteiger partial charge in [-0.25, -0.2) is 0 Å². The number of halogens is 1. The molecule has 0 radical (unpaired) electrons. The molecule has 5 heteroatoms. The van der Waals surface area contributed by atoms with Crippen LogP contribution in [0.1, 0.15) is 32.6 Å². The topological polar surface area (TPSA) is 46.3 Å². The van der Waals surface area contributed by atoms with Crippen LogP contribution >= 0.6 is 23.4 Å². The van der Waals surface area contributed by atoms with Gasteiger partial charge >= 0.3 is 0 Å². The van der Waals surface area contributed by atoms with E-state index in [0.29, 0.717) is 10.7 Å². The number of hydrogen-bond donors (Lipinski definition) is 1. The first-order valence-electron chi connectivity index (χ1n) is 7.08. The van der Waals surface area contributed by atoms with Gasteiger partial charge in [0.05, 0.1) is 10.3 Å². The Bertz CT molecular complexity index is 473. The zero-order chi connectivity index (χ0) is 14.5. The summed E-state index contributed by atoms with van der Waals surface area (Å²) < 4.78 is 0. The highest BCUT2D eigenvalue weighted by molar-refractivity contribution is 8.00. The summed E-state index contributed by atoms with van der Waals surface area (Å²) in [6.07, 6.45) is 4.70. The Hall–Kier alpha value is -0.870. The number of nitrogens with zero attached hydrogens (tertiary/aromatic N) is 1. The second-order valence-corrected chi connectivity index (χ2v) is 6.98. The summed E-state index contributed by atoms with van der Waals surface area (Å²) >= 11 is 7.67. The standard InChI is InChI=1S/C15H21ClN2OS/c1-11(15(19)18-8-4-2-3-5-9-18)20-14-7-6-12(17)10-13(14)16/h6-7,10-11H,2-5,8-9,17H2,1H3. The molecular formula is C15H21ClN2OS. The van der Waals surface area contributed by atoms with Gasteiger partial charge in [0, 0.05) is 23.7 Å². The number of anilines is 1. The third-order valence-electron chi connectivity index (χ3n) is 3.53. The minimum Gasteiger partial charge on any atom is -0.399 e. The molecule has 2 N–H and O–H groups in total. The van der Waals surface area contributed by atoms with Crippen molar-refractivity contribution in [3.8, 4) is 0 Å². The maximum Gasteiger partial charge on any atom is 0.235 e. The molecule has 1 aromatic rings. The largest absolute Gasteiger partial charge is 0.399 e.